The quantitative estimate of drug-likeness (QED) is 0.535. The van der Waals surface area contributed by atoms with Gasteiger partial charge in [-0.1, -0.05) is 61.1 Å². The molecule has 0 atom stereocenters. The van der Waals surface area contributed by atoms with Crippen LogP contribution >= 0.6 is 55.1 Å². The van der Waals surface area contributed by atoms with E-state index in [9.17, 15) is 0 Å². The van der Waals surface area contributed by atoms with Crippen molar-refractivity contribution in [3.63, 3.8) is 0 Å². The maximum absolute atomic E-state index is 8.36. The second kappa shape index (κ2) is 8.32. The van der Waals surface area contributed by atoms with Gasteiger partial charge in [0.25, 0.3) is 5.09 Å². The van der Waals surface area contributed by atoms with E-state index in [1.165, 1.54) is 17.3 Å². The van der Waals surface area contributed by atoms with E-state index in [-0.39, 0.29) is 0 Å². The second-order valence-corrected chi connectivity index (χ2v) is 5.81. The monoisotopic (exact) mass is 458 g/mol. The topological polar surface area (TPSA) is 94.1 Å². The SMILES string of the molecule is Cl/C(=C(\Cl)n1cncn1)c1ccc(Br)cc1Br.O=[N+]([O-])O. The van der Waals surface area contributed by atoms with Gasteiger partial charge in [0.1, 0.15) is 12.7 Å². The van der Waals surface area contributed by atoms with E-state index in [2.05, 4.69) is 41.9 Å². The van der Waals surface area contributed by atoms with Crippen molar-refractivity contribution in [2.75, 3.05) is 0 Å². The van der Waals surface area contributed by atoms with E-state index in [0.717, 1.165) is 14.5 Å². The average molecular weight is 461 g/mol. The molecule has 2 aromatic rings. The standard InChI is InChI=1S/C10H5Br2Cl2N3.HNO3/c11-6-1-2-7(8(12)3-6)9(13)10(14)17-5-15-4-16-17;2-1(3)4/h1-5H;(H,2,3,4)/b10-9+;. The highest BCUT2D eigenvalue weighted by atomic mass is 79.9. The zero-order valence-electron chi connectivity index (χ0n) is 9.95. The van der Waals surface area contributed by atoms with Crippen LogP contribution in [0.1, 0.15) is 5.56 Å². The van der Waals surface area contributed by atoms with Crippen molar-refractivity contribution < 1.29 is 10.3 Å². The third kappa shape index (κ3) is 5.62. The molecule has 112 valence electrons. The normalized spacial score (nSPS) is 11.2. The van der Waals surface area contributed by atoms with Crippen LogP contribution in [-0.2, 0) is 0 Å². The molecule has 0 aliphatic carbocycles. The van der Waals surface area contributed by atoms with Crippen molar-refractivity contribution in [1.29, 1.82) is 0 Å². The molecule has 7 nitrogen and oxygen atoms in total. The van der Waals surface area contributed by atoms with Crippen molar-refractivity contribution in [3.05, 3.63) is 55.5 Å². The molecule has 1 aromatic carbocycles. The lowest BCUT2D eigenvalue weighted by molar-refractivity contribution is -0.742. The maximum atomic E-state index is 8.36. The Kier molecular flexibility index (Phi) is 7.09. The highest BCUT2D eigenvalue weighted by Gasteiger charge is 2.11. The molecule has 0 aliphatic heterocycles. The van der Waals surface area contributed by atoms with Gasteiger partial charge in [-0.2, -0.15) is 5.10 Å². The summed E-state index contributed by atoms with van der Waals surface area (Å²) in [6.07, 6.45) is 2.88. The number of hydrogen-bond acceptors (Lipinski definition) is 4. The van der Waals surface area contributed by atoms with Gasteiger partial charge < -0.3 is 5.21 Å². The first-order valence-electron chi connectivity index (χ1n) is 5.02. The predicted molar refractivity (Wildman–Crippen MR) is 85.5 cm³/mol. The maximum Gasteiger partial charge on any atom is 0.291 e. The number of nitrogens with zero attached hydrogens (tertiary/aromatic N) is 4. The number of hydrogen-bond donors (Lipinski definition) is 1. The Labute approximate surface area is 145 Å². The summed E-state index contributed by atoms with van der Waals surface area (Å²) in [6.45, 7) is 0. The molecule has 0 radical (unpaired) electrons. The van der Waals surface area contributed by atoms with E-state index in [1.807, 2.05) is 18.2 Å². The molecule has 0 aliphatic rings. The van der Waals surface area contributed by atoms with Crippen molar-refractivity contribution >= 4 is 65.3 Å². The average Bonchev–Trinajstić information content (AvgIpc) is 2.90. The highest BCUT2D eigenvalue weighted by molar-refractivity contribution is 9.11. The summed E-state index contributed by atoms with van der Waals surface area (Å²) in [5, 5.41) is 18.3. The lowest BCUT2D eigenvalue weighted by Crippen LogP contribution is -1.94. The van der Waals surface area contributed by atoms with Crippen LogP contribution in [0.4, 0.5) is 0 Å². The molecule has 1 N–H and O–H groups in total. The molecule has 2 rings (SSSR count). The molecule has 0 saturated heterocycles. The molecule has 0 saturated carbocycles. The van der Waals surface area contributed by atoms with Crippen LogP contribution in [0.2, 0.25) is 0 Å². The number of rotatable bonds is 2. The van der Waals surface area contributed by atoms with Crippen molar-refractivity contribution in [2.24, 2.45) is 0 Å². The Hall–Kier alpha value is -1.16. The summed E-state index contributed by atoms with van der Waals surface area (Å²) in [7, 11) is 0. The third-order valence-electron chi connectivity index (χ3n) is 1.97. The van der Waals surface area contributed by atoms with Crippen molar-refractivity contribution in [3.8, 4) is 0 Å². The molecule has 0 unspecified atom stereocenters. The Balaban J connectivity index is 0.000000491. The minimum atomic E-state index is -1.50. The van der Waals surface area contributed by atoms with Crippen molar-refractivity contribution in [1.82, 2.24) is 14.8 Å². The summed E-state index contributed by atoms with van der Waals surface area (Å²) >= 11 is 19.1. The summed E-state index contributed by atoms with van der Waals surface area (Å²) in [4.78, 5) is 12.2. The first-order valence-corrected chi connectivity index (χ1v) is 7.36. The highest BCUT2D eigenvalue weighted by Crippen LogP contribution is 2.34. The smallest absolute Gasteiger partial charge is 0.291 e. The molecular formula is C10H6Br2Cl2N4O3. The van der Waals surface area contributed by atoms with Gasteiger partial charge in [0, 0.05) is 14.5 Å². The second-order valence-electron chi connectivity index (χ2n) is 3.31. The van der Waals surface area contributed by atoms with Crippen LogP contribution in [0.3, 0.4) is 0 Å². The molecule has 0 fully saturated rings. The van der Waals surface area contributed by atoms with Gasteiger partial charge in [-0.15, -0.1) is 10.1 Å². The lowest BCUT2D eigenvalue weighted by atomic mass is 10.2. The van der Waals surface area contributed by atoms with Crippen molar-refractivity contribution in [2.45, 2.75) is 0 Å². The van der Waals surface area contributed by atoms with Crippen LogP contribution in [0.15, 0.2) is 39.8 Å². The predicted octanol–water partition coefficient (Wildman–Crippen LogP) is 4.22. The number of aromatic nitrogens is 3. The molecule has 1 aromatic heterocycles. The fraction of sp³-hybridized carbons (Fsp3) is 0. The largest absolute Gasteiger partial charge is 0.328 e. The van der Waals surface area contributed by atoms with E-state index in [0.29, 0.717) is 10.2 Å². The Morgan fingerprint density at radius 3 is 2.48 bits per heavy atom. The van der Waals surface area contributed by atoms with Gasteiger partial charge in [0.15, 0.2) is 5.16 Å². The molecule has 0 amide bonds. The fourth-order valence-electron chi connectivity index (χ4n) is 1.19. The minimum absolute atomic E-state index is 0.298. The van der Waals surface area contributed by atoms with Gasteiger partial charge in [-0.3, -0.25) is 0 Å². The zero-order valence-corrected chi connectivity index (χ0v) is 14.6. The summed E-state index contributed by atoms with van der Waals surface area (Å²) < 4.78 is 3.20. The van der Waals surface area contributed by atoms with Gasteiger partial charge in [-0.05, 0) is 12.1 Å². The van der Waals surface area contributed by atoms with Gasteiger partial charge in [0.2, 0.25) is 0 Å². The lowest BCUT2D eigenvalue weighted by Gasteiger charge is -2.06. The first kappa shape index (κ1) is 17.9. The summed E-state index contributed by atoms with van der Waals surface area (Å²) in [5.41, 5.74) is 0.787. The van der Waals surface area contributed by atoms with Gasteiger partial charge >= 0.3 is 0 Å². The molecule has 21 heavy (non-hydrogen) atoms. The molecular weight excluding hydrogens is 455 g/mol. The molecule has 1 heterocycles. The fourth-order valence-corrected chi connectivity index (χ4v) is 2.99. The van der Waals surface area contributed by atoms with E-state index in [4.69, 9.17) is 38.5 Å². The zero-order chi connectivity index (χ0) is 16.0. The van der Waals surface area contributed by atoms with E-state index >= 15 is 0 Å². The van der Waals surface area contributed by atoms with Gasteiger partial charge in [0.05, 0.1) is 5.03 Å². The third-order valence-corrected chi connectivity index (χ3v) is 3.96. The molecule has 11 heteroatoms. The van der Waals surface area contributed by atoms with Crippen LogP contribution in [0.5, 0.6) is 0 Å². The Bertz CT molecular complexity index is 660. The van der Waals surface area contributed by atoms with Gasteiger partial charge in [-0.25, -0.2) is 9.67 Å². The Morgan fingerprint density at radius 1 is 1.38 bits per heavy atom. The van der Waals surface area contributed by atoms with Crippen LogP contribution in [0.25, 0.3) is 10.2 Å². The summed E-state index contributed by atoms with van der Waals surface area (Å²) in [5.74, 6) is 0. The minimum Gasteiger partial charge on any atom is -0.328 e. The van der Waals surface area contributed by atoms with Crippen LogP contribution in [0, 0.1) is 10.1 Å². The molecule has 0 spiro atoms. The molecule has 0 bridgehead atoms. The summed E-state index contributed by atoms with van der Waals surface area (Å²) in [6, 6.07) is 5.63. The van der Waals surface area contributed by atoms with E-state index < -0.39 is 5.09 Å². The van der Waals surface area contributed by atoms with Crippen LogP contribution in [-0.4, -0.2) is 25.1 Å². The number of benzene rings is 1. The number of halogens is 4. The van der Waals surface area contributed by atoms with Crippen LogP contribution < -0.4 is 0 Å². The van der Waals surface area contributed by atoms with E-state index in [1.54, 1.807) is 0 Å². The first-order chi connectivity index (χ1) is 9.82. The Morgan fingerprint density at radius 2 is 2.00 bits per heavy atom.